The molecule has 0 saturated heterocycles. The van der Waals surface area contributed by atoms with E-state index in [2.05, 4.69) is 22.2 Å². The molecule has 29 heavy (non-hydrogen) atoms. The molecule has 2 heterocycles. The lowest BCUT2D eigenvalue weighted by Crippen LogP contribution is -2.28. The van der Waals surface area contributed by atoms with Gasteiger partial charge in [0.1, 0.15) is 11.6 Å². The first-order chi connectivity index (χ1) is 14.0. The topological polar surface area (TPSA) is 89.6 Å². The number of amides is 1. The van der Waals surface area contributed by atoms with E-state index in [0.717, 1.165) is 28.6 Å². The average molecular weight is 407 g/mol. The number of carbonyl (C=O) groups is 1. The average Bonchev–Trinajstić information content (AvgIpc) is 2.72. The Balaban J connectivity index is 1.41. The fraction of sp³-hybridized carbons (Fsp3) is 0.227. The number of hydrogen-bond acceptors (Lipinski definition) is 6. The second-order valence-corrected chi connectivity index (χ2v) is 8.19. The first-order valence-corrected chi connectivity index (χ1v) is 10.4. The third kappa shape index (κ3) is 4.51. The molecule has 1 aliphatic rings. The van der Waals surface area contributed by atoms with Crippen molar-refractivity contribution in [1.82, 2.24) is 4.98 Å². The molecule has 1 aliphatic heterocycles. The van der Waals surface area contributed by atoms with Crippen LogP contribution in [0.15, 0.2) is 65.7 Å². The molecule has 3 N–H and O–H groups in total. The van der Waals surface area contributed by atoms with Gasteiger partial charge in [-0.1, -0.05) is 42.1 Å². The van der Waals surface area contributed by atoms with E-state index < -0.39 is 0 Å². The number of nitrogens with zero attached hydrogens (tertiary/aromatic N) is 2. The molecule has 7 heteroatoms. The van der Waals surface area contributed by atoms with Crippen molar-refractivity contribution < 1.29 is 9.53 Å². The van der Waals surface area contributed by atoms with E-state index in [9.17, 15) is 4.79 Å². The fourth-order valence-corrected chi connectivity index (χ4v) is 4.25. The van der Waals surface area contributed by atoms with Gasteiger partial charge in [-0.3, -0.25) is 9.79 Å². The van der Waals surface area contributed by atoms with Gasteiger partial charge in [0.15, 0.2) is 11.8 Å². The molecular formula is C22H22N4O2S. The van der Waals surface area contributed by atoms with E-state index in [-0.39, 0.29) is 18.1 Å². The molecule has 0 aliphatic carbocycles. The van der Waals surface area contributed by atoms with Crippen LogP contribution >= 0.6 is 11.8 Å². The van der Waals surface area contributed by atoms with E-state index in [4.69, 9.17) is 10.5 Å². The van der Waals surface area contributed by atoms with Crippen LogP contribution in [0, 0.1) is 0 Å². The Morgan fingerprint density at radius 1 is 1.21 bits per heavy atom. The number of aromatic nitrogens is 1. The Bertz CT molecular complexity index is 1090. The van der Waals surface area contributed by atoms with Gasteiger partial charge in [-0.05, 0) is 49.2 Å². The molecule has 148 valence electrons. The second-order valence-electron chi connectivity index (χ2n) is 7.08. The molecule has 1 amide bonds. The molecule has 2 aromatic carbocycles. The molecule has 0 spiro atoms. The van der Waals surface area contributed by atoms with E-state index in [0.29, 0.717) is 16.7 Å². The van der Waals surface area contributed by atoms with Gasteiger partial charge in [0.2, 0.25) is 0 Å². The summed E-state index contributed by atoms with van der Waals surface area (Å²) in [5.74, 6) is 1.79. The van der Waals surface area contributed by atoms with E-state index in [1.54, 1.807) is 17.8 Å². The number of aliphatic imine (C=N–C) groups is 1. The number of fused-ring (bicyclic) bond motifs is 1. The molecule has 0 radical (unpaired) electrons. The molecule has 1 unspecified atom stereocenters. The molecule has 0 bridgehead atoms. The number of thioether (sulfide) groups is 1. The number of para-hydroxylation sites is 1. The highest BCUT2D eigenvalue weighted by Gasteiger charge is 2.29. The number of pyridine rings is 1. The van der Waals surface area contributed by atoms with Gasteiger partial charge in [0.25, 0.3) is 5.91 Å². The van der Waals surface area contributed by atoms with Crippen molar-refractivity contribution in [1.29, 1.82) is 0 Å². The maximum Gasteiger partial charge on any atom is 0.263 e. The smallest absolute Gasteiger partial charge is 0.263 e. The fourth-order valence-electron chi connectivity index (χ4n) is 3.28. The first kappa shape index (κ1) is 19.3. The normalized spacial score (nSPS) is 18.9. The summed E-state index contributed by atoms with van der Waals surface area (Å²) in [6, 6.07) is 19.2. The van der Waals surface area contributed by atoms with Gasteiger partial charge in [0, 0.05) is 11.1 Å². The summed E-state index contributed by atoms with van der Waals surface area (Å²) in [5, 5.41) is 4.41. The van der Waals surface area contributed by atoms with Crippen LogP contribution in [0.25, 0.3) is 10.9 Å². The lowest BCUT2D eigenvalue weighted by Gasteiger charge is -2.30. The van der Waals surface area contributed by atoms with Crippen LogP contribution in [0.4, 0.5) is 5.82 Å². The van der Waals surface area contributed by atoms with Gasteiger partial charge in [-0.2, -0.15) is 0 Å². The lowest BCUT2D eigenvalue weighted by atomic mass is 9.90. The standard InChI is InChI=1S/C22H22N4O2S/c1-22(11-12-29-21(23)26-22)16-6-4-7-17(13-16)28-14-20(27)25-19-10-9-15-5-2-3-8-18(15)24-19/h2-10,13H,11-12,14H2,1H3,(H2,23,26)(H,24,25,27). The van der Waals surface area contributed by atoms with Crippen molar-refractivity contribution in [2.45, 2.75) is 18.9 Å². The zero-order valence-corrected chi connectivity index (χ0v) is 16.9. The van der Waals surface area contributed by atoms with Crippen molar-refractivity contribution in [3.8, 4) is 5.75 Å². The van der Waals surface area contributed by atoms with Crippen LogP contribution in [-0.2, 0) is 10.3 Å². The minimum absolute atomic E-state index is 0.101. The summed E-state index contributed by atoms with van der Waals surface area (Å²) in [5.41, 5.74) is 7.40. The Labute approximate surface area is 173 Å². The van der Waals surface area contributed by atoms with Gasteiger partial charge < -0.3 is 15.8 Å². The number of anilines is 1. The molecule has 3 aromatic rings. The number of carbonyl (C=O) groups excluding carboxylic acids is 1. The monoisotopic (exact) mass is 406 g/mol. The van der Waals surface area contributed by atoms with Gasteiger partial charge in [-0.15, -0.1) is 0 Å². The number of nitrogens with one attached hydrogen (secondary N) is 1. The first-order valence-electron chi connectivity index (χ1n) is 9.39. The van der Waals surface area contributed by atoms with Crippen molar-refractivity contribution in [2.24, 2.45) is 10.7 Å². The summed E-state index contributed by atoms with van der Waals surface area (Å²) in [7, 11) is 0. The summed E-state index contributed by atoms with van der Waals surface area (Å²) >= 11 is 1.57. The van der Waals surface area contributed by atoms with Crippen LogP contribution in [0.5, 0.6) is 5.75 Å². The molecule has 0 fully saturated rings. The molecule has 0 saturated carbocycles. The Morgan fingerprint density at radius 3 is 2.93 bits per heavy atom. The summed E-state index contributed by atoms with van der Waals surface area (Å²) in [6.07, 6.45) is 0.899. The second kappa shape index (κ2) is 8.13. The van der Waals surface area contributed by atoms with Gasteiger partial charge >= 0.3 is 0 Å². The SMILES string of the molecule is CC1(c2cccc(OCC(=O)Nc3ccc4ccccc4n3)c2)CCSC(N)=N1. The van der Waals surface area contributed by atoms with Crippen molar-refractivity contribution in [3.63, 3.8) is 0 Å². The molecule has 1 aromatic heterocycles. The van der Waals surface area contributed by atoms with Crippen LogP contribution in [0.1, 0.15) is 18.9 Å². The maximum atomic E-state index is 12.3. The lowest BCUT2D eigenvalue weighted by molar-refractivity contribution is -0.118. The van der Waals surface area contributed by atoms with E-state index in [1.165, 1.54) is 0 Å². The van der Waals surface area contributed by atoms with E-state index >= 15 is 0 Å². The van der Waals surface area contributed by atoms with Crippen molar-refractivity contribution in [3.05, 3.63) is 66.2 Å². The van der Waals surface area contributed by atoms with Crippen molar-refractivity contribution in [2.75, 3.05) is 17.7 Å². The highest BCUT2D eigenvalue weighted by Crippen LogP contribution is 2.36. The Morgan fingerprint density at radius 2 is 2.07 bits per heavy atom. The summed E-state index contributed by atoms with van der Waals surface area (Å²) in [6.45, 7) is 1.97. The minimum Gasteiger partial charge on any atom is -0.484 e. The third-order valence-corrected chi connectivity index (χ3v) is 5.68. The highest BCUT2D eigenvalue weighted by molar-refractivity contribution is 8.13. The van der Waals surface area contributed by atoms with Crippen LogP contribution < -0.4 is 15.8 Å². The number of amidine groups is 1. The maximum absolute atomic E-state index is 12.3. The number of benzene rings is 2. The number of rotatable bonds is 5. The van der Waals surface area contributed by atoms with Crippen LogP contribution in [0.3, 0.4) is 0 Å². The number of nitrogens with two attached hydrogens (primary N) is 1. The predicted octanol–water partition coefficient (Wildman–Crippen LogP) is 3.92. The number of ether oxygens (including phenoxy) is 1. The molecule has 4 rings (SSSR count). The summed E-state index contributed by atoms with van der Waals surface area (Å²) < 4.78 is 5.71. The molecule has 6 nitrogen and oxygen atoms in total. The van der Waals surface area contributed by atoms with Gasteiger partial charge in [-0.25, -0.2) is 4.98 Å². The quantitative estimate of drug-likeness (QED) is 0.670. The molecule has 1 atom stereocenters. The third-order valence-electron chi connectivity index (χ3n) is 4.89. The zero-order chi connectivity index (χ0) is 20.3. The summed E-state index contributed by atoms with van der Waals surface area (Å²) in [4.78, 5) is 21.4. The predicted molar refractivity (Wildman–Crippen MR) is 118 cm³/mol. The Hall–Kier alpha value is -3.06. The van der Waals surface area contributed by atoms with Gasteiger partial charge in [0.05, 0.1) is 11.1 Å². The number of hydrogen-bond donors (Lipinski definition) is 2. The Kier molecular flexibility index (Phi) is 5.40. The minimum atomic E-state index is -0.369. The largest absolute Gasteiger partial charge is 0.484 e. The molecular weight excluding hydrogens is 384 g/mol. The van der Waals surface area contributed by atoms with Crippen LogP contribution in [0.2, 0.25) is 0 Å². The van der Waals surface area contributed by atoms with E-state index in [1.807, 2.05) is 54.6 Å². The zero-order valence-electron chi connectivity index (χ0n) is 16.1. The highest BCUT2D eigenvalue weighted by atomic mass is 32.2. The van der Waals surface area contributed by atoms with Crippen LogP contribution in [-0.4, -0.2) is 28.4 Å². The van der Waals surface area contributed by atoms with Crippen molar-refractivity contribution >= 4 is 39.6 Å².